The van der Waals surface area contributed by atoms with Gasteiger partial charge in [0, 0.05) is 26.0 Å². The van der Waals surface area contributed by atoms with E-state index in [4.69, 9.17) is 0 Å². The highest BCUT2D eigenvalue weighted by Crippen LogP contribution is 1.85. The summed E-state index contributed by atoms with van der Waals surface area (Å²) >= 11 is 0. The van der Waals surface area contributed by atoms with Gasteiger partial charge in [-0.3, -0.25) is 9.59 Å². The number of esters is 1. The Hall–Kier alpha value is -1.49. The van der Waals surface area contributed by atoms with Crippen molar-refractivity contribution >= 4 is 17.5 Å². The minimum atomic E-state index is -0.485. The molecule has 0 aromatic heterocycles. The predicted molar refractivity (Wildman–Crippen MR) is 63.6 cm³/mol. The third-order valence-corrected chi connectivity index (χ3v) is 1.52. The first kappa shape index (κ1) is 17.9. The van der Waals surface area contributed by atoms with Crippen LogP contribution in [0.15, 0.2) is 12.7 Å². The lowest BCUT2D eigenvalue weighted by Crippen LogP contribution is -2.04. The fraction of sp³-hybridized carbons (Fsp3) is 0.583. The Kier molecular flexibility index (Phi) is 13.2. The second-order valence-electron chi connectivity index (χ2n) is 3.27. The fourth-order valence-electron chi connectivity index (χ4n) is 0.600. The highest BCUT2D eigenvalue weighted by Gasteiger charge is 1.96. The molecule has 5 heteroatoms. The Bertz CT molecular complexity index is 258. The van der Waals surface area contributed by atoms with E-state index in [0.29, 0.717) is 13.0 Å². The van der Waals surface area contributed by atoms with Crippen LogP contribution in [0.4, 0.5) is 0 Å². The topological polar surface area (TPSA) is 69.7 Å². The molecule has 0 spiro atoms. The smallest absolute Gasteiger partial charge is 0.330 e. The van der Waals surface area contributed by atoms with E-state index in [-0.39, 0.29) is 24.6 Å². The van der Waals surface area contributed by atoms with Gasteiger partial charge in [0.25, 0.3) is 0 Å². The molecule has 98 valence electrons. The molecule has 0 bridgehead atoms. The minimum Gasteiger partial charge on any atom is -0.462 e. The molecule has 0 atom stereocenters. The number of Topliss-reactive ketones (excluding diaryl/α,β-unsaturated/α-hetero) is 2. The number of carbonyl (C=O) groups is 3. The standard InChI is InChI=1S/C7H10O3.C5H10O2/c1-3-7(9)10-5-4-6(2)8;1-5(6)3-4-7-2/h3H,1,4-5H2,2H3;3-4H2,1-2H3. The van der Waals surface area contributed by atoms with E-state index < -0.39 is 5.97 Å². The van der Waals surface area contributed by atoms with Crippen LogP contribution in [0, 0.1) is 0 Å². The molecule has 17 heavy (non-hydrogen) atoms. The maximum Gasteiger partial charge on any atom is 0.330 e. The van der Waals surface area contributed by atoms with Crippen molar-refractivity contribution < 1.29 is 23.9 Å². The van der Waals surface area contributed by atoms with Crippen LogP contribution in [0.1, 0.15) is 26.7 Å². The number of rotatable bonds is 7. The van der Waals surface area contributed by atoms with Crippen LogP contribution in [-0.2, 0) is 23.9 Å². The lowest BCUT2D eigenvalue weighted by atomic mass is 10.3. The molecular formula is C12H20O5. The van der Waals surface area contributed by atoms with Gasteiger partial charge in [-0.05, 0) is 13.8 Å². The van der Waals surface area contributed by atoms with Crippen molar-refractivity contribution in [1.82, 2.24) is 0 Å². The molecule has 0 saturated heterocycles. The van der Waals surface area contributed by atoms with Crippen molar-refractivity contribution in [2.75, 3.05) is 20.3 Å². The molecular weight excluding hydrogens is 224 g/mol. The van der Waals surface area contributed by atoms with E-state index in [1.54, 1.807) is 14.0 Å². The fourth-order valence-corrected chi connectivity index (χ4v) is 0.600. The zero-order chi connectivity index (χ0) is 13.7. The summed E-state index contributed by atoms with van der Waals surface area (Å²) in [7, 11) is 1.59. The average Bonchev–Trinajstić information content (AvgIpc) is 2.26. The van der Waals surface area contributed by atoms with Crippen molar-refractivity contribution in [2.24, 2.45) is 0 Å². The van der Waals surface area contributed by atoms with Gasteiger partial charge in [-0.15, -0.1) is 0 Å². The quantitative estimate of drug-likeness (QED) is 0.499. The van der Waals surface area contributed by atoms with Gasteiger partial charge in [-0.1, -0.05) is 6.58 Å². The van der Waals surface area contributed by atoms with Gasteiger partial charge in [-0.2, -0.15) is 0 Å². The lowest BCUT2D eigenvalue weighted by Gasteiger charge is -1.96. The molecule has 0 rings (SSSR count). The molecule has 5 nitrogen and oxygen atoms in total. The van der Waals surface area contributed by atoms with Crippen LogP contribution in [0.2, 0.25) is 0 Å². The highest BCUT2D eigenvalue weighted by atomic mass is 16.5. The van der Waals surface area contributed by atoms with Crippen molar-refractivity contribution in [3.8, 4) is 0 Å². The summed E-state index contributed by atoms with van der Waals surface area (Å²) in [5, 5.41) is 0. The summed E-state index contributed by atoms with van der Waals surface area (Å²) in [6.07, 6.45) is 1.89. The number of methoxy groups -OCH3 is 1. The average molecular weight is 244 g/mol. The van der Waals surface area contributed by atoms with Gasteiger partial charge in [0.05, 0.1) is 13.2 Å². The summed E-state index contributed by atoms with van der Waals surface area (Å²) in [6.45, 7) is 6.90. The summed E-state index contributed by atoms with van der Waals surface area (Å²) in [5.41, 5.74) is 0. The second-order valence-corrected chi connectivity index (χ2v) is 3.27. The van der Waals surface area contributed by atoms with Gasteiger partial charge in [0.1, 0.15) is 11.6 Å². The third kappa shape index (κ3) is 20.6. The molecule has 0 aliphatic heterocycles. The number of ketones is 2. The van der Waals surface area contributed by atoms with E-state index in [9.17, 15) is 14.4 Å². The molecule has 0 radical (unpaired) electrons. The predicted octanol–water partition coefficient (Wildman–Crippen LogP) is 1.31. The van der Waals surface area contributed by atoms with Crippen molar-refractivity contribution in [1.29, 1.82) is 0 Å². The summed E-state index contributed by atoms with van der Waals surface area (Å²) in [4.78, 5) is 30.8. The molecule has 0 aliphatic carbocycles. The maximum atomic E-state index is 10.3. The molecule has 0 aliphatic rings. The molecule has 0 aromatic carbocycles. The van der Waals surface area contributed by atoms with E-state index in [0.717, 1.165) is 6.08 Å². The summed E-state index contributed by atoms with van der Waals surface area (Å²) in [5.74, 6) is -0.292. The Morgan fingerprint density at radius 2 is 1.53 bits per heavy atom. The van der Waals surface area contributed by atoms with Crippen LogP contribution in [0.5, 0.6) is 0 Å². The molecule has 0 heterocycles. The number of carbonyl (C=O) groups excluding carboxylic acids is 3. The Labute approximate surface area is 102 Å². The zero-order valence-electron chi connectivity index (χ0n) is 10.7. The van der Waals surface area contributed by atoms with E-state index >= 15 is 0 Å². The van der Waals surface area contributed by atoms with E-state index in [1.807, 2.05) is 0 Å². The molecule has 0 saturated carbocycles. The minimum absolute atomic E-state index is 0.0110. The number of ether oxygens (including phenoxy) is 2. The number of hydrogen-bond donors (Lipinski definition) is 0. The molecule has 0 aromatic rings. The van der Waals surface area contributed by atoms with Crippen LogP contribution in [0.25, 0.3) is 0 Å². The molecule has 0 unspecified atom stereocenters. The Morgan fingerprint density at radius 3 is 1.82 bits per heavy atom. The summed E-state index contributed by atoms with van der Waals surface area (Å²) < 4.78 is 9.16. The van der Waals surface area contributed by atoms with Gasteiger partial charge >= 0.3 is 5.97 Å². The first-order chi connectivity index (χ1) is 7.93. The molecule has 0 fully saturated rings. The monoisotopic (exact) mass is 244 g/mol. The SMILES string of the molecule is C=CC(=O)OCCC(C)=O.COCCC(C)=O. The first-order valence-corrected chi connectivity index (χ1v) is 5.21. The molecule has 0 N–H and O–H groups in total. The Morgan fingerprint density at radius 1 is 1.06 bits per heavy atom. The highest BCUT2D eigenvalue weighted by molar-refractivity contribution is 5.81. The largest absolute Gasteiger partial charge is 0.462 e. The third-order valence-electron chi connectivity index (χ3n) is 1.52. The van der Waals surface area contributed by atoms with Gasteiger partial charge in [0.15, 0.2) is 0 Å². The summed E-state index contributed by atoms with van der Waals surface area (Å²) in [6, 6.07) is 0. The van der Waals surface area contributed by atoms with E-state index in [2.05, 4.69) is 16.1 Å². The van der Waals surface area contributed by atoms with Crippen LogP contribution >= 0.6 is 0 Å². The zero-order valence-corrected chi connectivity index (χ0v) is 10.7. The van der Waals surface area contributed by atoms with Crippen molar-refractivity contribution in [2.45, 2.75) is 26.7 Å². The van der Waals surface area contributed by atoms with Crippen LogP contribution in [0.3, 0.4) is 0 Å². The normalized spacial score (nSPS) is 8.65. The van der Waals surface area contributed by atoms with Crippen molar-refractivity contribution in [3.63, 3.8) is 0 Å². The van der Waals surface area contributed by atoms with Gasteiger partial charge in [0.2, 0.25) is 0 Å². The van der Waals surface area contributed by atoms with Crippen LogP contribution < -0.4 is 0 Å². The van der Waals surface area contributed by atoms with Crippen molar-refractivity contribution in [3.05, 3.63) is 12.7 Å². The molecule has 0 amide bonds. The van der Waals surface area contributed by atoms with Gasteiger partial charge in [-0.25, -0.2) is 4.79 Å². The van der Waals surface area contributed by atoms with Gasteiger partial charge < -0.3 is 9.47 Å². The maximum absolute atomic E-state index is 10.3. The second kappa shape index (κ2) is 12.6. The first-order valence-electron chi connectivity index (χ1n) is 5.21. The van der Waals surface area contributed by atoms with E-state index in [1.165, 1.54) is 6.92 Å². The number of hydrogen-bond acceptors (Lipinski definition) is 5. The van der Waals surface area contributed by atoms with Crippen LogP contribution in [-0.4, -0.2) is 37.9 Å². The lowest BCUT2D eigenvalue weighted by molar-refractivity contribution is -0.138. The Balaban J connectivity index is 0.